The van der Waals surface area contributed by atoms with Crippen LogP contribution in [0, 0.1) is 0 Å². The van der Waals surface area contributed by atoms with E-state index in [-0.39, 0.29) is 59.1 Å². The monoisotopic (exact) mass is 196 g/mol. The third-order valence-electron chi connectivity index (χ3n) is 0.341. The van der Waals surface area contributed by atoms with Crippen LogP contribution in [0.1, 0.15) is 6.92 Å². The molecule has 11 heavy (non-hydrogen) atoms. The van der Waals surface area contributed by atoms with Crippen LogP contribution in [0.2, 0.25) is 6.55 Å². The Morgan fingerprint density at radius 2 is 1.64 bits per heavy atom. The number of carboxylic acid groups (broad SMARTS) is 1. The van der Waals surface area contributed by atoms with E-state index in [1.165, 1.54) is 0 Å². The summed E-state index contributed by atoms with van der Waals surface area (Å²) in [4.78, 5) is 18.4. The van der Waals surface area contributed by atoms with Crippen molar-refractivity contribution in [2.75, 3.05) is 0 Å². The first kappa shape index (κ1) is 22.9. The van der Waals surface area contributed by atoms with Gasteiger partial charge < -0.3 is 19.8 Å². The number of hydrogen-bond acceptors (Lipinski definition) is 4. The third kappa shape index (κ3) is 34.1. The van der Waals surface area contributed by atoms with Crippen molar-refractivity contribution in [2.24, 2.45) is 0 Å². The summed E-state index contributed by atoms with van der Waals surface area (Å²) in [6.45, 7) is 2.84. The molecular formula is C4H10Na2O4Si. The van der Waals surface area contributed by atoms with Gasteiger partial charge in [-0.3, -0.25) is 0 Å². The van der Waals surface area contributed by atoms with E-state index in [1.807, 2.05) is 0 Å². The summed E-state index contributed by atoms with van der Waals surface area (Å²) in [7, 11) is -0.833. The summed E-state index contributed by atoms with van der Waals surface area (Å²) in [6, 6.07) is 0. The predicted molar refractivity (Wildman–Crippen MR) is 31.1 cm³/mol. The van der Waals surface area contributed by atoms with Crippen LogP contribution in [0.4, 0.5) is 0 Å². The molecule has 0 radical (unpaired) electrons. The molecule has 0 fully saturated rings. The normalized spacial score (nSPS) is 10.2. The van der Waals surface area contributed by atoms with E-state index in [1.54, 1.807) is 6.55 Å². The van der Waals surface area contributed by atoms with Crippen molar-refractivity contribution in [3.63, 3.8) is 0 Å². The molecule has 56 valence electrons. The predicted octanol–water partition coefficient (Wildman–Crippen LogP) is -9.40. The van der Waals surface area contributed by atoms with Crippen molar-refractivity contribution >= 4 is 15.7 Å². The Bertz CT molecular complexity index is 80.5. The topological polar surface area (TPSA) is 83.4 Å². The number of hydrogen-bond donors (Lipinski definition) is 1. The van der Waals surface area contributed by atoms with Gasteiger partial charge in [-0.25, -0.2) is 0 Å². The maximum atomic E-state index is 9.34. The van der Waals surface area contributed by atoms with Gasteiger partial charge in [0.25, 0.3) is 0 Å². The Labute approximate surface area is 113 Å². The molecule has 4 nitrogen and oxygen atoms in total. The van der Waals surface area contributed by atoms with Gasteiger partial charge in [-0.1, -0.05) is 16.3 Å². The van der Waals surface area contributed by atoms with Crippen LogP contribution < -0.4 is 69.0 Å². The average Bonchev–Trinajstić information content (AvgIpc) is 1.68. The maximum Gasteiger partial charge on any atom is 1.00 e. The number of carboxylic acids is 1. The molecule has 0 saturated carbocycles. The second kappa shape index (κ2) is 17.6. The van der Waals surface area contributed by atoms with Crippen LogP contribution in [0.25, 0.3) is 0 Å². The van der Waals surface area contributed by atoms with E-state index in [4.69, 9.17) is 9.90 Å². The Balaban J connectivity index is -0.0000000437. The fraction of sp³-hybridized carbons (Fsp3) is 0.750. The summed E-state index contributed by atoms with van der Waals surface area (Å²) in [5.74, 6) is -1.44. The van der Waals surface area contributed by atoms with Gasteiger partial charge in [0.05, 0.1) is 12.1 Å². The number of aliphatic hydroxyl groups is 1. The first-order valence-corrected chi connectivity index (χ1v) is 4.52. The number of rotatable bonds is 1. The average molecular weight is 196 g/mol. The van der Waals surface area contributed by atoms with E-state index in [2.05, 4.69) is 0 Å². The molecule has 1 atom stereocenters. The van der Waals surface area contributed by atoms with Crippen LogP contribution in [0.15, 0.2) is 0 Å². The SMILES string of the molecule is CC(O)C(=O)[O-].C[SiH2][O-].[Na+].[Na+]. The second-order valence-corrected chi connectivity index (χ2v) is 1.86. The van der Waals surface area contributed by atoms with Gasteiger partial charge in [-0.05, 0) is 6.92 Å². The van der Waals surface area contributed by atoms with Crippen molar-refractivity contribution in [1.29, 1.82) is 0 Å². The van der Waals surface area contributed by atoms with Crippen LogP contribution >= 0.6 is 0 Å². The van der Waals surface area contributed by atoms with Gasteiger partial charge >= 0.3 is 59.1 Å². The fourth-order valence-electron chi connectivity index (χ4n) is 0. The van der Waals surface area contributed by atoms with Gasteiger partial charge in [-0.15, -0.1) is 0 Å². The molecule has 0 aromatic heterocycles. The minimum absolute atomic E-state index is 0. The van der Waals surface area contributed by atoms with Crippen molar-refractivity contribution in [3.8, 4) is 0 Å². The summed E-state index contributed by atoms with van der Waals surface area (Å²) >= 11 is 0. The molecule has 0 aromatic carbocycles. The molecule has 1 N–H and O–H groups in total. The molecule has 0 rings (SSSR count). The number of carbonyl (C=O) groups is 1. The van der Waals surface area contributed by atoms with E-state index in [0.717, 1.165) is 6.92 Å². The Morgan fingerprint density at radius 3 is 1.64 bits per heavy atom. The first-order valence-electron chi connectivity index (χ1n) is 2.53. The molecule has 0 aliphatic heterocycles. The first-order chi connectivity index (χ1) is 4.06. The zero-order chi connectivity index (χ0) is 7.86. The molecule has 0 amide bonds. The molecule has 0 heterocycles. The van der Waals surface area contributed by atoms with Crippen LogP contribution in [0.3, 0.4) is 0 Å². The summed E-state index contributed by atoms with van der Waals surface area (Å²) in [5, 5.41) is 17.3. The van der Waals surface area contributed by atoms with Gasteiger partial charge in [0.15, 0.2) is 0 Å². The van der Waals surface area contributed by atoms with E-state index >= 15 is 0 Å². The fourth-order valence-corrected chi connectivity index (χ4v) is 0. The Hall–Kier alpha value is 1.61. The van der Waals surface area contributed by atoms with E-state index in [9.17, 15) is 9.90 Å². The maximum absolute atomic E-state index is 9.34. The summed E-state index contributed by atoms with van der Waals surface area (Å²) in [5.41, 5.74) is 0. The molecular weight excluding hydrogens is 186 g/mol. The van der Waals surface area contributed by atoms with Crippen molar-refractivity contribution < 1.29 is 78.9 Å². The standard InChI is InChI=1S/C3H6O3.CH5OSi.2Na/c1-2(4)3(5)6;1-3-2;;/h2,4H,1H3,(H,5,6);3H2,1H3;;/q;-1;2*+1/p-1. The molecule has 0 spiro atoms. The number of aliphatic carboxylic acids is 1. The van der Waals surface area contributed by atoms with Crippen LogP contribution in [0.5, 0.6) is 0 Å². The smallest absolute Gasteiger partial charge is 0.863 e. The number of aliphatic hydroxyl groups excluding tert-OH is 1. The summed E-state index contributed by atoms with van der Waals surface area (Å²) in [6.07, 6.45) is -1.34. The van der Waals surface area contributed by atoms with Gasteiger partial charge in [0.2, 0.25) is 0 Å². The second-order valence-electron chi connectivity index (χ2n) is 1.28. The largest absolute Gasteiger partial charge is 1.00 e. The quantitative estimate of drug-likeness (QED) is 0.422. The molecule has 0 bridgehead atoms. The minimum atomic E-state index is -1.44. The molecule has 1 unspecified atom stereocenters. The number of carbonyl (C=O) groups excluding carboxylic acids is 1. The molecule has 0 saturated heterocycles. The van der Waals surface area contributed by atoms with Gasteiger partial charge in [-0.2, -0.15) is 0 Å². The van der Waals surface area contributed by atoms with E-state index < -0.39 is 21.8 Å². The molecule has 0 aliphatic rings. The van der Waals surface area contributed by atoms with Gasteiger partial charge in [0.1, 0.15) is 0 Å². The zero-order valence-corrected chi connectivity index (χ0v) is 12.9. The minimum Gasteiger partial charge on any atom is -0.863 e. The van der Waals surface area contributed by atoms with Crippen molar-refractivity contribution in [2.45, 2.75) is 19.6 Å². The molecule has 0 aromatic rings. The molecule has 7 heteroatoms. The Kier molecular flexibility index (Phi) is 36.7. The third-order valence-corrected chi connectivity index (χ3v) is 0.341. The summed E-state index contributed by atoms with van der Waals surface area (Å²) < 4.78 is 0. The zero-order valence-electron chi connectivity index (χ0n) is 7.46. The van der Waals surface area contributed by atoms with Gasteiger partial charge in [0, 0.05) is 0 Å². The van der Waals surface area contributed by atoms with Crippen LogP contribution in [-0.4, -0.2) is 26.9 Å². The molecule has 0 aliphatic carbocycles. The Morgan fingerprint density at radius 1 is 1.55 bits per heavy atom. The van der Waals surface area contributed by atoms with E-state index in [0.29, 0.717) is 0 Å². The van der Waals surface area contributed by atoms with Crippen molar-refractivity contribution in [3.05, 3.63) is 0 Å². The van der Waals surface area contributed by atoms with Crippen LogP contribution in [-0.2, 0) is 4.79 Å². The van der Waals surface area contributed by atoms with Crippen molar-refractivity contribution in [1.82, 2.24) is 0 Å².